The molecule has 0 fully saturated rings. The van der Waals surface area contributed by atoms with Crippen LogP contribution in [0.4, 0.5) is 5.69 Å². The second kappa shape index (κ2) is 7.28. The topological polar surface area (TPSA) is 77.1 Å². The SMILES string of the molecule is Cc1ccc(-n2[nH]c(C)c(C=Nc3cc4c(cc3Br)n(C)c(=O)n4C)c2=O)cc1C. The van der Waals surface area contributed by atoms with Crippen LogP contribution in [0.5, 0.6) is 0 Å². The van der Waals surface area contributed by atoms with Gasteiger partial charge < -0.3 is 0 Å². The maximum absolute atomic E-state index is 13.0. The number of rotatable bonds is 3. The molecule has 154 valence electrons. The fraction of sp³-hybridized carbons (Fsp3) is 0.227. The summed E-state index contributed by atoms with van der Waals surface area (Å²) in [6, 6.07) is 9.59. The number of halogens is 1. The van der Waals surface area contributed by atoms with Crippen molar-refractivity contribution in [3.8, 4) is 5.69 Å². The summed E-state index contributed by atoms with van der Waals surface area (Å²) >= 11 is 3.52. The van der Waals surface area contributed by atoms with Crippen molar-refractivity contribution >= 4 is 38.9 Å². The molecule has 0 amide bonds. The zero-order valence-corrected chi connectivity index (χ0v) is 19.0. The van der Waals surface area contributed by atoms with Crippen molar-refractivity contribution in [1.82, 2.24) is 18.9 Å². The van der Waals surface area contributed by atoms with E-state index in [9.17, 15) is 9.59 Å². The maximum atomic E-state index is 13.0. The normalized spacial score (nSPS) is 11.8. The smallest absolute Gasteiger partial charge is 0.295 e. The minimum atomic E-state index is -0.163. The number of aliphatic imine (C=N–C) groups is 1. The van der Waals surface area contributed by atoms with Crippen molar-refractivity contribution in [2.45, 2.75) is 20.8 Å². The lowest BCUT2D eigenvalue weighted by molar-refractivity contribution is 0.795. The van der Waals surface area contributed by atoms with Crippen LogP contribution in [0, 0.1) is 20.8 Å². The van der Waals surface area contributed by atoms with E-state index in [1.165, 1.54) is 10.2 Å². The van der Waals surface area contributed by atoms with Gasteiger partial charge in [-0.1, -0.05) is 6.07 Å². The molecule has 8 heteroatoms. The summed E-state index contributed by atoms with van der Waals surface area (Å²) in [4.78, 5) is 29.7. The van der Waals surface area contributed by atoms with Gasteiger partial charge in [-0.15, -0.1) is 0 Å². The van der Waals surface area contributed by atoms with Crippen molar-refractivity contribution in [2.24, 2.45) is 19.1 Å². The number of nitrogens with zero attached hydrogens (tertiary/aromatic N) is 4. The predicted molar refractivity (Wildman–Crippen MR) is 124 cm³/mol. The minimum absolute atomic E-state index is 0.101. The monoisotopic (exact) mass is 467 g/mol. The fourth-order valence-electron chi connectivity index (χ4n) is 3.50. The number of H-pyrrole nitrogens is 1. The summed E-state index contributed by atoms with van der Waals surface area (Å²) in [5.74, 6) is 0. The molecule has 4 aromatic rings. The Hall–Kier alpha value is -3.13. The van der Waals surface area contributed by atoms with Gasteiger partial charge in [-0.05, 0) is 72.1 Å². The quantitative estimate of drug-likeness (QED) is 0.465. The first-order valence-electron chi connectivity index (χ1n) is 9.47. The maximum Gasteiger partial charge on any atom is 0.328 e. The summed E-state index contributed by atoms with van der Waals surface area (Å²) in [5, 5.41) is 3.13. The van der Waals surface area contributed by atoms with Gasteiger partial charge in [0.1, 0.15) is 0 Å². The van der Waals surface area contributed by atoms with Gasteiger partial charge in [0.25, 0.3) is 5.56 Å². The van der Waals surface area contributed by atoms with Gasteiger partial charge >= 0.3 is 5.69 Å². The van der Waals surface area contributed by atoms with Gasteiger partial charge in [-0.2, -0.15) is 0 Å². The molecule has 0 aliphatic carbocycles. The van der Waals surface area contributed by atoms with Crippen LogP contribution in [0.25, 0.3) is 16.7 Å². The summed E-state index contributed by atoms with van der Waals surface area (Å²) in [6.07, 6.45) is 1.57. The average Bonchev–Trinajstić information content (AvgIpc) is 3.10. The van der Waals surface area contributed by atoms with Gasteiger partial charge in [-0.25, -0.2) is 9.48 Å². The Labute approximate surface area is 181 Å². The standard InChI is InChI=1S/C22H22BrN5O2/c1-12-6-7-15(8-13(12)2)28-21(29)16(14(3)25-28)11-24-18-10-20-19(9-17(18)23)26(4)22(30)27(20)5/h6-11,25H,1-5H3. The first-order valence-corrected chi connectivity index (χ1v) is 10.3. The first-order chi connectivity index (χ1) is 14.2. The number of benzene rings is 2. The van der Waals surface area contributed by atoms with Crippen LogP contribution < -0.4 is 11.2 Å². The highest BCUT2D eigenvalue weighted by atomic mass is 79.9. The third-order valence-electron chi connectivity index (χ3n) is 5.54. The van der Waals surface area contributed by atoms with E-state index < -0.39 is 0 Å². The lowest BCUT2D eigenvalue weighted by Gasteiger charge is -2.05. The number of imidazole rings is 1. The molecular formula is C22H22BrN5O2. The summed E-state index contributed by atoms with van der Waals surface area (Å²) in [6.45, 7) is 5.91. The Morgan fingerprint density at radius 1 is 0.967 bits per heavy atom. The highest BCUT2D eigenvalue weighted by Gasteiger charge is 2.13. The van der Waals surface area contributed by atoms with Crippen LogP contribution >= 0.6 is 15.9 Å². The molecule has 1 N–H and O–H groups in total. The van der Waals surface area contributed by atoms with Crippen molar-refractivity contribution < 1.29 is 0 Å². The molecule has 0 bridgehead atoms. The van der Waals surface area contributed by atoms with Gasteiger partial charge in [-0.3, -0.25) is 24.0 Å². The first kappa shape index (κ1) is 20.2. The zero-order valence-electron chi connectivity index (χ0n) is 17.4. The number of aryl methyl sites for hydroxylation is 5. The van der Waals surface area contributed by atoms with Crippen molar-refractivity contribution in [3.63, 3.8) is 0 Å². The van der Waals surface area contributed by atoms with E-state index in [4.69, 9.17) is 0 Å². The molecule has 2 aromatic heterocycles. The highest BCUT2D eigenvalue weighted by Crippen LogP contribution is 2.30. The summed E-state index contributed by atoms with van der Waals surface area (Å²) in [7, 11) is 3.46. The number of aromatic nitrogens is 4. The van der Waals surface area contributed by atoms with Crippen molar-refractivity contribution in [2.75, 3.05) is 0 Å². The lowest BCUT2D eigenvalue weighted by Crippen LogP contribution is -2.19. The summed E-state index contributed by atoms with van der Waals surface area (Å²) in [5.41, 5.74) is 6.25. The highest BCUT2D eigenvalue weighted by molar-refractivity contribution is 9.10. The number of hydrogen-bond acceptors (Lipinski definition) is 3. The van der Waals surface area contributed by atoms with Crippen molar-refractivity contribution in [1.29, 1.82) is 0 Å². The van der Waals surface area contributed by atoms with Crippen LogP contribution in [0.3, 0.4) is 0 Å². The molecule has 30 heavy (non-hydrogen) atoms. The van der Waals surface area contributed by atoms with Crippen LogP contribution in [0.2, 0.25) is 0 Å². The van der Waals surface area contributed by atoms with Gasteiger partial charge in [0, 0.05) is 30.5 Å². The van der Waals surface area contributed by atoms with E-state index in [2.05, 4.69) is 26.0 Å². The van der Waals surface area contributed by atoms with E-state index in [1.54, 1.807) is 29.4 Å². The molecule has 7 nitrogen and oxygen atoms in total. The van der Waals surface area contributed by atoms with Crippen molar-refractivity contribution in [3.05, 3.63) is 78.0 Å². The predicted octanol–water partition coefficient (Wildman–Crippen LogP) is 3.79. The summed E-state index contributed by atoms with van der Waals surface area (Å²) < 4.78 is 5.44. The van der Waals surface area contributed by atoms with E-state index in [-0.39, 0.29) is 11.2 Å². The zero-order chi connectivity index (χ0) is 21.7. The second-order valence-electron chi connectivity index (χ2n) is 7.51. The fourth-order valence-corrected chi connectivity index (χ4v) is 3.93. The molecule has 0 spiro atoms. The third kappa shape index (κ3) is 3.17. The van der Waals surface area contributed by atoms with Crippen LogP contribution in [-0.2, 0) is 14.1 Å². The molecule has 0 saturated heterocycles. The third-order valence-corrected chi connectivity index (χ3v) is 6.17. The largest absolute Gasteiger partial charge is 0.328 e. The Kier molecular flexibility index (Phi) is 4.89. The average molecular weight is 468 g/mol. The molecule has 0 unspecified atom stereocenters. The molecule has 0 aliphatic heterocycles. The molecular weight excluding hydrogens is 446 g/mol. The Morgan fingerprint density at radius 2 is 1.63 bits per heavy atom. The molecule has 2 aromatic carbocycles. The Balaban J connectivity index is 1.78. The van der Waals surface area contributed by atoms with Gasteiger partial charge in [0.2, 0.25) is 0 Å². The van der Waals surface area contributed by atoms with E-state index in [1.807, 2.05) is 51.1 Å². The van der Waals surface area contributed by atoms with E-state index >= 15 is 0 Å². The number of aromatic amines is 1. The lowest BCUT2D eigenvalue weighted by atomic mass is 10.1. The molecule has 0 atom stereocenters. The molecule has 2 heterocycles. The minimum Gasteiger partial charge on any atom is -0.295 e. The molecule has 0 saturated carbocycles. The molecule has 0 aliphatic rings. The second-order valence-corrected chi connectivity index (χ2v) is 8.37. The Bertz CT molecular complexity index is 1450. The molecule has 0 radical (unpaired) electrons. The van der Waals surface area contributed by atoms with E-state index in [0.29, 0.717) is 11.3 Å². The Morgan fingerprint density at radius 3 is 2.30 bits per heavy atom. The van der Waals surface area contributed by atoms with Crippen LogP contribution in [0.15, 0.2) is 49.4 Å². The van der Waals surface area contributed by atoms with Gasteiger partial charge in [0.15, 0.2) is 0 Å². The molecule has 4 rings (SSSR count). The number of hydrogen-bond donors (Lipinski definition) is 1. The van der Waals surface area contributed by atoms with Gasteiger partial charge in [0.05, 0.1) is 28.0 Å². The van der Waals surface area contributed by atoms with Crippen LogP contribution in [0.1, 0.15) is 22.4 Å². The number of nitrogens with one attached hydrogen (secondary N) is 1. The van der Waals surface area contributed by atoms with E-state index in [0.717, 1.165) is 32.5 Å². The van der Waals surface area contributed by atoms with Crippen LogP contribution in [-0.4, -0.2) is 25.1 Å². The number of fused-ring (bicyclic) bond motifs is 1.